The average Bonchev–Trinajstić information content (AvgIpc) is 2.59. The summed E-state index contributed by atoms with van der Waals surface area (Å²) in [6.07, 6.45) is -0.209. The summed E-state index contributed by atoms with van der Waals surface area (Å²) in [6, 6.07) is 7.69. The van der Waals surface area contributed by atoms with Crippen molar-refractivity contribution in [3.63, 3.8) is 0 Å². The van der Waals surface area contributed by atoms with Crippen molar-refractivity contribution < 1.29 is 19.1 Å². The summed E-state index contributed by atoms with van der Waals surface area (Å²) < 4.78 is 10.9. The van der Waals surface area contributed by atoms with Crippen LogP contribution in [0.15, 0.2) is 24.3 Å². The SMILES string of the molecule is CCOC(=O)N1CCN(C(=O)C(CC)Oc2cccc(C)c2)CC1. The molecule has 0 radical (unpaired) electrons. The number of piperazine rings is 1. The Bertz CT molecular complexity index is 568. The van der Waals surface area contributed by atoms with Gasteiger partial charge in [0, 0.05) is 26.2 Å². The van der Waals surface area contributed by atoms with Crippen LogP contribution in [0.5, 0.6) is 5.75 Å². The molecule has 2 rings (SSSR count). The number of hydrogen-bond acceptors (Lipinski definition) is 4. The first-order valence-corrected chi connectivity index (χ1v) is 8.49. The van der Waals surface area contributed by atoms with E-state index in [0.717, 1.165) is 5.56 Å². The number of nitrogens with zero attached hydrogens (tertiary/aromatic N) is 2. The van der Waals surface area contributed by atoms with Crippen molar-refractivity contribution in [2.24, 2.45) is 0 Å². The van der Waals surface area contributed by atoms with Crippen LogP contribution in [0.25, 0.3) is 0 Å². The summed E-state index contributed by atoms with van der Waals surface area (Å²) in [4.78, 5) is 27.8. The lowest BCUT2D eigenvalue weighted by atomic mass is 10.2. The fraction of sp³-hybridized carbons (Fsp3) is 0.556. The van der Waals surface area contributed by atoms with Crippen molar-refractivity contribution in [2.75, 3.05) is 32.8 Å². The van der Waals surface area contributed by atoms with E-state index in [1.807, 2.05) is 38.1 Å². The summed E-state index contributed by atoms with van der Waals surface area (Å²) in [7, 11) is 0. The van der Waals surface area contributed by atoms with Gasteiger partial charge in [-0.25, -0.2) is 4.79 Å². The quantitative estimate of drug-likeness (QED) is 0.830. The normalized spacial score (nSPS) is 15.8. The lowest BCUT2D eigenvalue weighted by Crippen LogP contribution is -2.53. The van der Waals surface area contributed by atoms with Crippen LogP contribution in [0.1, 0.15) is 25.8 Å². The standard InChI is InChI=1S/C18H26N2O4/c1-4-16(24-15-8-6-7-14(3)13-15)17(21)19-9-11-20(12-10-19)18(22)23-5-2/h6-8,13,16H,4-5,9-12H2,1-3H3. The monoisotopic (exact) mass is 334 g/mol. The van der Waals surface area contributed by atoms with Gasteiger partial charge < -0.3 is 19.3 Å². The molecule has 1 aliphatic heterocycles. The molecular formula is C18H26N2O4. The average molecular weight is 334 g/mol. The van der Waals surface area contributed by atoms with Gasteiger partial charge in [0.25, 0.3) is 5.91 Å². The van der Waals surface area contributed by atoms with Gasteiger partial charge >= 0.3 is 6.09 Å². The Kier molecular flexibility index (Phi) is 6.46. The van der Waals surface area contributed by atoms with E-state index < -0.39 is 6.10 Å². The molecule has 6 heteroatoms. The van der Waals surface area contributed by atoms with E-state index in [9.17, 15) is 9.59 Å². The molecule has 0 aromatic heterocycles. The zero-order chi connectivity index (χ0) is 17.5. The molecule has 1 heterocycles. The number of carbonyl (C=O) groups excluding carboxylic acids is 2. The van der Waals surface area contributed by atoms with Crippen LogP contribution in [-0.2, 0) is 9.53 Å². The van der Waals surface area contributed by atoms with E-state index >= 15 is 0 Å². The Labute approximate surface area is 143 Å². The second-order valence-electron chi connectivity index (χ2n) is 5.84. The maximum Gasteiger partial charge on any atom is 0.409 e. The summed E-state index contributed by atoms with van der Waals surface area (Å²) in [5, 5.41) is 0. The van der Waals surface area contributed by atoms with E-state index in [2.05, 4.69) is 0 Å². The number of benzene rings is 1. The number of ether oxygens (including phenoxy) is 2. The van der Waals surface area contributed by atoms with Crippen molar-refractivity contribution >= 4 is 12.0 Å². The molecule has 1 atom stereocenters. The molecule has 0 bridgehead atoms. The third-order valence-electron chi connectivity index (χ3n) is 4.03. The highest BCUT2D eigenvalue weighted by Crippen LogP contribution is 2.17. The molecule has 1 aromatic rings. The molecule has 1 aromatic carbocycles. The van der Waals surface area contributed by atoms with Crippen molar-refractivity contribution in [3.05, 3.63) is 29.8 Å². The first-order chi connectivity index (χ1) is 11.5. The number of aryl methyl sites for hydroxylation is 1. The molecule has 6 nitrogen and oxygen atoms in total. The van der Waals surface area contributed by atoms with Crippen LogP contribution in [0.4, 0.5) is 4.79 Å². The number of hydrogen-bond donors (Lipinski definition) is 0. The highest BCUT2D eigenvalue weighted by Gasteiger charge is 2.29. The third kappa shape index (κ3) is 4.63. The minimum atomic E-state index is -0.499. The highest BCUT2D eigenvalue weighted by molar-refractivity contribution is 5.81. The van der Waals surface area contributed by atoms with Crippen molar-refractivity contribution in [1.29, 1.82) is 0 Å². The predicted octanol–water partition coefficient (Wildman–Crippen LogP) is 2.45. The first-order valence-electron chi connectivity index (χ1n) is 8.49. The third-order valence-corrected chi connectivity index (χ3v) is 4.03. The fourth-order valence-electron chi connectivity index (χ4n) is 2.69. The maximum atomic E-state index is 12.7. The molecule has 1 fully saturated rings. The molecule has 0 aliphatic carbocycles. The molecule has 132 valence electrons. The second-order valence-corrected chi connectivity index (χ2v) is 5.84. The van der Waals surface area contributed by atoms with E-state index in [0.29, 0.717) is 45.0 Å². The van der Waals surface area contributed by atoms with Gasteiger partial charge in [-0.05, 0) is 38.0 Å². The minimum absolute atomic E-state index is 0.0254. The molecule has 1 unspecified atom stereocenters. The van der Waals surface area contributed by atoms with E-state index in [4.69, 9.17) is 9.47 Å². The smallest absolute Gasteiger partial charge is 0.409 e. The van der Waals surface area contributed by atoms with Crippen LogP contribution < -0.4 is 4.74 Å². The van der Waals surface area contributed by atoms with Crippen LogP contribution in [-0.4, -0.2) is 60.7 Å². The topological polar surface area (TPSA) is 59.1 Å². The van der Waals surface area contributed by atoms with Crippen molar-refractivity contribution in [1.82, 2.24) is 9.80 Å². The highest BCUT2D eigenvalue weighted by atomic mass is 16.6. The first kappa shape index (κ1) is 18.1. The molecule has 24 heavy (non-hydrogen) atoms. The molecule has 1 saturated heterocycles. The van der Waals surface area contributed by atoms with Crippen LogP contribution in [0, 0.1) is 6.92 Å². The second kappa shape index (κ2) is 8.57. The van der Waals surface area contributed by atoms with Gasteiger partial charge in [-0.15, -0.1) is 0 Å². The largest absolute Gasteiger partial charge is 0.481 e. The van der Waals surface area contributed by atoms with Gasteiger partial charge in [-0.2, -0.15) is 0 Å². The van der Waals surface area contributed by atoms with Gasteiger partial charge in [0.15, 0.2) is 6.10 Å². The zero-order valence-corrected chi connectivity index (χ0v) is 14.7. The Balaban J connectivity index is 1.91. The Morgan fingerprint density at radius 2 is 1.79 bits per heavy atom. The lowest BCUT2D eigenvalue weighted by molar-refractivity contribution is -0.140. The van der Waals surface area contributed by atoms with E-state index in [1.54, 1.807) is 16.7 Å². The van der Waals surface area contributed by atoms with Crippen molar-refractivity contribution in [2.45, 2.75) is 33.3 Å². The van der Waals surface area contributed by atoms with E-state index in [-0.39, 0.29) is 12.0 Å². The Hall–Kier alpha value is -2.24. The van der Waals surface area contributed by atoms with Gasteiger partial charge in [-0.3, -0.25) is 4.79 Å². The molecule has 1 aliphatic rings. The summed E-state index contributed by atoms with van der Waals surface area (Å²) in [6.45, 7) is 8.07. The number of rotatable bonds is 5. The van der Waals surface area contributed by atoms with Crippen LogP contribution >= 0.6 is 0 Å². The predicted molar refractivity (Wildman–Crippen MR) is 91.1 cm³/mol. The van der Waals surface area contributed by atoms with Crippen LogP contribution in [0.3, 0.4) is 0 Å². The van der Waals surface area contributed by atoms with E-state index in [1.165, 1.54) is 0 Å². The zero-order valence-electron chi connectivity index (χ0n) is 14.7. The van der Waals surface area contributed by atoms with Gasteiger partial charge in [0.2, 0.25) is 0 Å². The molecule has 0 saturated carbocycles. The number of carbonyl (C=O) groups is 2. The minimum Gasteiger partial charge on any atom is -0.481 e. The lowest BCUT2D eigenvalue weighted by Gasteiger charge is -2.35. The van der Waals surface area contributed by atoms with Gasteiger partial charge in [0.05, 0.1) is 6.61 Å². The van der Waals surface area contributed by atoms with Gasteiger partial charge in [-0.1, -0.05) is 19.1 Å². The Morgan fingerprint density at radius 1 is 1.12 bits per heavy atom. The van der Waals surface area contributed by atoms with Crippen LogP contribution in [0.2, 0.25) is 0 Å². The maximum absolute atomic E-state index is 12.7. The Morgan fingerprint density at radius 3 is 2.38 bits per heavy atom. The molecular weight excluding hydrogens is 308 g/mol. The molecule has 0 N–H and O–H groups in total. The summed E-state index contributed by atoms with van der Waals surface area (Å²) in [5.74, 6) is 0.683. The molecule has 0 spiro atoms. The van der Waals surface area contributed by atoms with Gasteiger partial charge in [0.1, 0.15) is 5.75 Å². The summed E-state index contributed by atoms with van der Waals surface area (Å²) >= 11 is 0. The summed E-state index contributed by atoms with van der Waals surface area (Å²) in [5.41, 5.74) is 1.10. The number of amides is 2. The molecule has 2 amide bonds. The van der Waals surface area contributed by atoms with Crippen molar-refractivity contribution in [3.8, 4) is 5.75 Å². The fourth-order valence-corrected chi connectivity index (χ4v) is 2.69.